The van der Waals surface area contributed by atoms with E-state index in [1.165, 1.54) is 11.8 Å². The van der Waals surface area contributed by atoms with Crippen LogP contribution in [0.25, 0.3) is 0 Å². The summed E-state index contributed by atoms with van der Waals surface area (Å²) in [6.45, 7) is 12.7. The molecule has 0 aliphatic heterocycles. The number of thioether (sulfide) groups is 1. The summed E-state index contributed by atoms with van der Waals surface area (Å²) >= 11 is 1.48. The van der Waals surface area contributed by atoms with Crippen LogP contribution in [0.15, 0.2) is 36.3 Å². The fraction of sp³-hybridized carbons (Fsp3) is 0.364. The highest BCUT2D eigenvalue weighted by Gasteiger charge is 1.94. The number of rotatable bonds is 5. The highest BCUT2D eigenvalue weighted by atomic mass is 32.2. The lowest BCUT2D eigenvalue weighted by Gasteiger charge is -1.96. The minimum atomic E-state index is 0.173. The van der Waals surface area contributed by atoms with Crippen LogP contribution in [-0.4, -0.2) is 11.5 Å². The molecule has 0 saturated heterocycles. The van der Waals surface area contributed by atoms with Gasteiger partial charge in [-0.1, -0.05) is 39.2 Å². The van der Waals surface area contributed by atoms with Crippen LogP contribution < -0.4 is 0 Å². The third-order valence-electron chi connectivity index (χ3n) is 0.925. The fourth-order valence-corrected chi connectivity index (χ4v) is 1.16. The third-order valence-corrected chi connectivity index (χ3v) is 2.11. The normalized spacial score (nSPS) is 9.62. The van der Waals surface area contributed by atoms with Gasteiger partial charge in [0.15, 0.2) is 0 Å². The van der Waals surface area contributed by atoms with Crippen molar-refractivity contribution in [2.75, 3.05) is 5.75 Å². The molecule has 0 aromatic rings. The largest absolute Gasteiger partial charge is 0.299 e. The average Bonchev–Trinajstić information content (AvgIpc) is 2.15. The number of carbonyl (C=O) groups excluding carboxylic acids is 1. The van der Waals surface area contributed by atoms with Gasteiger partial charge < -0.3 is 0 Å². The standard InChI is InChI=1S/C9H12OS.C2H6/c1-4-6-9(5-2)11-7-8(3)10;1-2/h4-6H,1-2,7H2,3H3;1-2H3/b9-6+;. The molecule has 0 rings (SSSR count). The molecule has 0 aliphatic carbocycles. The summed E-state index contributed by atoms with van der Waals surface area (Å²) in [7, 11) is 0. The molecule has 2 heteroatoms. The van der Waals surface area contributed by atoms with Gasteiger partial charge in [-0.05, 0) is 13.0 Å². The van der Waals surface area contributed by atoms with Crippen molar-refractivity contribution in [3.8, 4) is 0 Å². The van der Waals surface area contributed by atoms with Crippen molar-refractivity contribution in [2.24, 2.45) is 0 Å². The van der Waals surface area contributed by atoms with Crippen LogP contribution in [0.5, 0.6) is 0 Å². The Bertz CT molecular complexity index is 192. The summed E-state index contributed by atoms with van der Waals surface area (Å²) < 4.78 is 0. The highest BCUT2D eigenvalue weighted by Crippen LogP contribution is 2.15. The smallest absolute Gasteiger partial charge is 0.140 e. The molecule has 1 nitrogen and oxygen atoms in total. The van der Waals surface area contributed by atoms with Gasteiger partial charge in [0.05, 0.1) is 5.75 Å². The first-order chi connectivity index (χ1) is 6.20. The third kappa shape index (κ3) is 11.2. The second-order valence-corrected chi connectivity index (χ2v) is 3.05. The van der Waals surface area contributed by atoms with E-state index in [1.54, 1.807) is 19.1 Å². The molecule has 0 unspecified atom stereocenters. The Morgan fingerprint density at radius 1 is 1.38 bits per heavy atom. The Morgan fingerprint density at radius 3 is 2.23 bits per heavy atom. The summed E-state index contributed by atoms with van der Waals surface area (Å²) in [5.74, 6) is 0.679. The average molecular weight is 198 g/mol. The maximum Gasteiger partial charge on any atom is 0.140 e. The first kappa shape index (κ1) is 14.7. The second-order valence-electron chi connectivity index (χ2n) is 2.00. The summed E-state index contributed by atoms with van der Waals surface area (Å²) in [6.07, 6.45) is 5.24. The van der Waals surface area contributed by atoms with Crippen LogP contribution in [0.1, 0.15) is 20.8 Å². The van der Waals surface area contributed by atoms with Crippen LogP contribution in [0.4, 0.5) is 0 Å². The lowest BCUT2D eigenvalue weighted by molar-refractivity contribution is -0.114. The molecular formula is C11H18OS. The van der Waals surface area contributed by atoms with E-state index in [1.807, 2.05) is 19.9 Å². The maximum atomic E-state index is 10.6. The number of Topliss-reactive ketones (excluding diaryl/α,β-unsaturated/α-hetero) is 1. The fourth-order valence-electron chi connectivity index (χ4n) is 0.476. The molecule has 0 aromatic carbocycles. The Labute approximate surface area is 85.6 Å². The summed E-state index contributed by atoms with van der Waals surface area (Å²) in [5, 5.41) is 0. The summed E-state index contributed by atoms with van der Waals surface area (Å²) in [5.41, 5.74) is 0. The Morgan fingerprint density at radius 2 is 1.92 bits per heavy atom. The topological polar surface area (TPSA) is 17.1 Å². The van der Waals surface area contributed by atoms with E-state index < -0.39 is 0 Å². The van der Waals surface area contributed by atoms with E-state index >= 15 is 0 Å². The van der Waals surface area contributed by atoms with E-state index in [-0.39, 0.29) is 5.78 Å². The SMILES string of the molecule is C=C/C=C(\C=C)SCC(C)=O.CC. The van der Waals surface area contributed by atoms with Crippen molar-refractivity contribution in [3.63, 3.8) is 0 Å². The quantitative estimate of drug-likeness (QED) is 0.628. The van der Waals surface area contributed by atoms with E-state index in [0.717, 1.165) is 4.91 Å². The van der Waals surface area contributed by atoms with Crippen LogP contribution in [-0.2, 0) is 4.79 Å². The minimum Gasteiger partial charge on any atom is -0.299 e. The van der Waals surface area contributed by atoms with Gasteiger partial charge in [-0.25, -0.2) is 0 Å². The summed E-state index contributed by atoms with van der Waals surface area (Å²) in [4.78, 5) is 11.5. The van der Waals surface area contributed by atoms with Crippen LogP contribution >= 0.6 is 11.8 Å². The Balaban J connectivity index is 0. The van der Waals surface area contributed by atoms with E-state index in [0.29, 0.717) is 5.75 Å². The molecule has 0 bridgehead atoms. The van der Waals surface area contributed by atoms with Crippen molar-refractivity contribution in [3.05, 3.63) is 36.3 Å². The van der Waals surface area contributed by atoms with Crippen molar-refractivity contribution in [2.45, 2.75) is 20.8 Å². The van der Waals surface area contributed by atoms with Gasteiger partial charge in [0.1, 0.15) is 5.78 Å². The zero-order valence-corrected chi connectivity index (χ0v) is 9.49. The molecule has 0 radical (unpaired) electrons. The van der Waals surface area contributed by atoms with E-state index in [2.05, 4.69) is 13.2 Å². The summed E-state index contributed by atoms with van der Waals surface area (Å²) in [6, 6.07) is 0. The van der Waals surface area contributed by atoms with Crippen molar-refractivity contribution in [1.29, 1.82) is 0 Å². The number of hydrogen-bond donors (Lipinski definition) is 0. The van der Waals surface area contributed by atoms with Gasteiger partial charge in [-0.2, -0.15) is 0 Å². The molecule has 0 saturated carbocycles. The molecule has 74 valence electrons. The first-order valence-corrected chi connectivity index (χ1v) is 5.26. The predicted molar refractivity (Wildman–Crippen MR) is 63.0 cm³/mol. The van der Waals surface area contributed by atoms with E-state index in [9.17, 15) is 4.79 Å². The monoisotopic (exact) mass is 198 g/mol. The lowest BCUT2D eigenvalue weighted by Crippen LogP contribution is -1.92. The van der Waals surface area contributed by atoms with Crippen molar-refractivity contribution >= 4 is 17.5 Å². The first-order valence-electron chi connectivity index (χ1n) is 4.28. The van der Waals surface area contributed by atoms with Crippen LogP contribution in [0.3, 0.4) is 0 Å². The Kier molecular flexibility index (Phi) is 12.8. The minimum absolute atomic E-state index is 0.173. The zero-order chi connectivity index (χ0) is 10.7. The molecule has 0 heterocycles. The molecule has 0 aromatic heterocycles. The number of allylic oxidation sites excluding steroid dienone is 3. The number of carbonyl (C=O) groups is 1. The molecule has 13 heavy (non-hydrogen) atoms. The van der Waals surface area contributed by atoms with Crippen LogP contribution in [0.2, 0.25) is 0 Å². The molecule has 0 amide bonds. The number of ketones is 1. The molecule has 0 fully saturated rings. The molecule has 0 spiro atoms. The molecular weight excluding hydrogens is 180 g/mol. The molecule has 0 aliphatic rings. The van der Waals surface area contributed by atoms with Gasteiger partial charge in [-0.3, -0.25) is 4.79 Å². The van der Waals surface area contributed by atoms with Gasteiger partial charge >= 0.3 is 0 Å². The lowest BCUT2D eigenvalue weighted by atomic mass is 10.5. The second kappa shape index (κ2) is 11.2. The van der Waals surface area contributed by atoms with Gasteiger partial charge in [0.2, 0.25) is 0 Å². The van der Waals surface area contributed by atoms with Crippen molar-refractivity contribution in [1.82, 2.24) is 0 Å². The zero-order valence-electron chi connectivity index (χ0n) is 8.67. The van der Waals surface area contributed by atoms with Crippen molar-refractivity contribution < 1.29 is 4.79 Å². The van der Waals surface area contributed by atoms with Gasteiger partial charge in [0, 0.05) is 4.91 Å². The molecule has 0 N–H and O–H groups in total. The highest BCUT2D eigenvalue weighted by molar-refractivity contribution is 8.03. The van der Waals surface area contributed by atoms with Crippen LogP contribution in [0, 0.1) is 0 Å². The van der Waals surface area contributed by atoms with Gasteiger partial charge in [0.25, 0.3) is 0 Å². The number of hydrogen-bond acceptors (Lipinski definition) is 2. The van der Waals surface area contributed by atoms with E-state index in [4.69, 9.17) is 0 Å². The molecule has 0 atom stereocenters. The maximum absolute atomic E-state index is 10.6. The predicted octanol–water partition coefficient (Wildman–Crippen LogP) is 3.59. The Hall–Kier alpha value is -0.760. The van der Waals surface area contributed by atoms with Gasteiger partial charge in [-0.15, -0.1) is 11.8 Å².